The van der Waals surface area contributed by atoms with Crippen LogP contribution in [0.1, 0.15) is 44.5 Å². The van der Waals surface area contributed by atoms with Crippen molar-refractivity contribution in [2.24, 2.45) is 0 Å². The SMILES string of the molecule is CC12SC(c3cccs3)=CC1=C1C(=C3C=C(c4cccs4)SC32C)C(F)(F)C(F)(F)C1(F)F.Cc1sc(-c2cccs2)cc1C1=C(c2cc(-c3cccs3)sc2C)C(F)(F)C(F)(F)C1(F)F. The molecule has 20 heteroatoms. The molecule has 0 N–H and O–H groups in total. The minimum absolute atomic E-state index is 0.132. The number of halogens is 12. The summed E-state index contributed by atoms with van der Waals surface area (Å²) in [4.78, 5) is 6.02. The summed E-state index contributed by atoms with van der Waals surface area (Å²) in [5.74, 6) is -31.2. The molecule has 11 rings (SSSR count). The first-order valence-electron chi connectivity index (χ1n) is 19.5. The molecule has 0 aromatic carbocycles. The second kappa shape index (κ2) is 15.1. The fraction of sp³-hybridized carbons (Fsp3) is 0.261. The zero-order chi connectivity index (χ0) is 47.4. The second-order valence-electron chi connectivity index (χ2n) is 16.1. The predicted octanol–water partition coefficient (Wildman–Crippen LogP) is 18.4. The Kier molecular flexibility index (Phi) is 10.7. The molecule has 1 fully saturated rings. The average Bonchev–Trinajstić information content (AvgIpc) is 4.08. The number of allylic oxidation sites excluding steroid dienone is 6. The van der Waals surface area contributed by atoms with Gasteiger partial charge in [-0.3, -0.25) is 0 Å². The zero-order valence-electron chi connectivity index (χ0n) is 34.0. The van der Waals surface area contributed by atoms with Crippen LogP contribution < -0.4 is 0 Å². The molecule has 8 heterocycles. The van der Waals surface area contributed by atoms with Gasteiger partial charge in [0.2, 0.25) is 0 Å². The second-order valence-corrected chi connectivity index (χ2v) is 25.4. The number of thiophene rings is 6. The number of aryl methyl sites for hydroxylation is 2. The Morgan fingerprint density at radius 1 is 0.394 bits per heavy atom. The minimum Gasteiger partial charge on any atom is -0.194 e. The van der Waals surface area contributed by atoms with Gasteiger partial charge in [0.05, 0.1) is 9.49 Å². The van der Waals surface area contributed by atoms with E-state index in [4.69, 9.17) is 0 Å². The van der Waals surface area contributed by atoms with Gasteiger partial charge in [0.15, 0.2) is 0 Å². The summed E-state index contributed by atoms with van der Waals surface area (Å²) >= 11 is 10.3. The van der Waals surface area contributed by atoms with Crippen molar-refractivity contribution in [2.75, 3.05) is 0 Å². The van der Waals surface area contributed by atoms with Crippen LogP contribution in [0.2, 0.25) is 0 Å². The minimum atomic E-state index is -5.56. The lowest BCUT2D eigenvalue weighted by Crippen LogP contribution is -2.48. The van der Waals surface area contributed by atoms with Crippen LogP contribution in [-0.2, 0) is 0 Å². The third kappa shape index (κ3) is 6.16. The highest BCUT2D eigenvalue weighted by Gasteiger charge is 2.84. The predicted molar refractivity (Wildman–Crippen MR) is 252 cm³/mol. The lowest BCUT2D eigenvalue weighted by Gasteiger charge is -2.47. The monoisotopic (exact) mass is 1060 g/mol. The number of thioether (sulfide) groups is 2. The fourth-order valence-corrected chi connectivity index (χ4v) is 17.4. The molecule has 0 bridgehead atoms. The van der Waals surface area contributed by atoms with Crippen LogP contribution in [0.5, 0.6) is 0 Å². The first-order chi connectivity index (χ1) is 30.8. The summed E-state index contributed by atoms with van der Waals surface area (Å²) in [7, 11) is 0. The van der Waals surface area contributed by atoms with Crippen molar-refractivity contribution in [3.8, 4) is 19.5 Å². The highest BCUT2D eigenvalue weighted by molar-refractivity contribution is 8.14. The quantitative estimate of drug-likeness (QED) is 0.153. The summed E-state index contributed by atoms with van der Waals surface area (Å²) in [5.41, 5.74) is -5.78. The Morgan fingerprint density at radius 3 is 1.00 bits per heavy atom. The highest BCUT2D eigenvalue weighted by Crippen LogP contribution is 2.75. The normalized spacial score (nSPS) is 26.0. The molecule has 5 aliphatic rings. The van der Waals surface area contributed by atoms with E-state index in [2.05, 4.69) is 0 Å². The fourth-order valence-electron chi connectivity index (χ4n) is 8.96. The van der Waals surface area contributed by atoms with E-state index < -0.39 is 67.3 Å². The molecule has 0 amide bonds. The average molecular weight is 1070 g/mol. The summed E-state index contributed by atoms with van der Waals surface area (Å²) in [6.07, 6.45) is 2.84. The summed E-state index contributed by atoms with van der Waals surface area (Å²) in [5, 5.41) is 7.23. The van der Waals surface area contributed by atoms with Gasteiger partial charge >= 0.3 is 35.5 Å². The molecule has 6 aromatic rings. The van der Waals surface area contributed by atoms with Gasteiger partial charge in [-0.1, -0.05) is 24.3 Å². The van der Waals surface area contributed by atoms with Crippen LogP contribution in [0.25, 0.3) is 40.5 Å². The molecule has 2 unspecified atom stereocenters. The van der Waals surface area contributed by atoms with E-state index >= 15 is 35.1 Å². The van der Waals surface area contributed by atoms with Crippen molar-refractivity contribution >= 4 is 113 Å². The van der Waals surface area contributed by atoms with Gasteiger partial charge in [-0.05, 0) is 120 Å². The van der Waals surface area contributed by atoms with Crippen LogP contribution >= 0.6 is 91.5 Å². The van der Waals surface area contributed by atoms with Crippen LogP contribution in [0.3, 0.4) is 0 Å². The van der Waals surface area contributed by atoms with Gasteiger partial charge in [0.1, 0.15) is 0 Å². The molecule has 0 saturated heterocycles. The summed E-state index contributed by atoms with van der Waals surface area (Å²) in [6.45, 7) is 6.39. The van der Waals surface area contributed by atoms with E-state index in [9.17, 15) is 17.6 Å². The van der Waals surface area contributed by atoms with Gasteiger partial charge in [0.25, 0.3) is 0 Å². The van der Waals surface area contributed by atoms with Crippen LogP contribution in [0.4, 0.5) is 52.7 Å². The van der Waals surface area contributed by atoms with Crippen molar-refractivity contribution in [3.63, 3.8) is 0 Å². The molecule has 6 aromatic heterocycles. The number of alkyl halides is 12. The van der Waals surface area contributed by atoms with E-state index in [1.54, 1.807) is 73.1 Å². The Labute approximate surface area is 401 Å². The number of hydrogen-bond acceptors (Lipinski definition) is 8. The van der Waals surface area contributed by atoms with Crippen molar-refractivity contribution in [1.82, 2.24) is 0 Å². The smallest absolute Gasteiger partial charge is 0.194 e. The van der Waals surface area contributed by atoms with Crippen LogP contribution in [0, 0.1) is 13.8 Å². The van der Waals surface area contributed by atoms with Gasteiger partial charge in [0, 0.05) is 71.1 Å². The molecule has 0 radical (unpaired) electrons. The number of fused-ring (bicyclic) bond motifs is 4. The molecule has 3 aliphatic carbocycles. The van der Waals surface area contributed by atoms with Crippen LogP contribution in [-0.4, -0.2) is 45.0 Å². The number of rotatable bonds is 6. The topological polar surface area (TPSA) is 0 Å². The highest BCUT2D eigenvalue weighted by atomic mass is 32.2. The Balaban J connectivity index is 0.000000155. The van der Waals surface area contributed by atoms with E-state index in [0.717, 1.165) is 42.2 Å². The molecule has 0 spiro atoms. The molecular weight excluding hydrogens is 1040 g/mol. The van der Waals surface area contributed by atoms with Crippen molar-refractivity contribution in [2.45, 2.75) is 72.7 Å². The van der Waals surface area contributed by atoms with Gasteiger partial charge in [-0.25, -0.2) is 0 Å². The maximum atomic E-state index is 15.2. The molecule has 1 saturated carbocycles. The molecule has 2 aliphatic heterocycles. The summed E-state index contributed by atoms with van der Waals surface area (Å²) < 4.78 is 178. The molecular formula is C46H28F12S8. The van der Waals surface area contributed by atoms with Crippen molar-refractivity contribution in [3.05, 3.63) is 147 Å². The van der Waals surface area contributed by atoms with E-state index in [0.29, 0.717) is 19.6 Å². The largest absolute Gasteiger partial charge is 0.380 e. The van der Waals surface area contributed by atoms with E-state index in [-0.39, 0.29) is 32.0 Å². The molecule has 344 valence electrons. The first kappa shape index (κ1) is 46.5. The lowest BCUT2D eigenvalue weighted by molar-refractivity contribution is -0.258. The zero-order valence-corrected chi connectivity index (χ0v) is 40.6. The summed E-state index contributed by atoms with van der Waals surface area (Å²) in [6, 6.07) is 16.9. The maximum absolute atomic E-state index is 15.2. The van der Waals surface area contributed by atoms with Gasteiger partial charge < -0.3 is 0 Å². The van der Waals surface area contributed by atoms with Crippen LogP contribution in [0.15, 0.2) is 117 Å². The van der Waals surface area contributed by atoms with Crippen molar-refractivity contribution in [1.29, 1.82) is 0 Å². The van der Waals surface area contributed by atoms with Gasteiger partial charge in [-0.2, -0.15) is 52.7 Å². The molecule has 0 nitrogen and oxygen atoms in total. The third-order valence-corrected chi connectivity index (χ3v) is 22.0. The lowest BCUT2D eigenvalue weighted by atomic mass is 9.71. The van der Waals surface area contributed by atoms with Gasteiger partial charge in [-0.15, -0.1) is 91.5 Å². The van der Waals surface area contributed by atoms with Crippen molar-refractivity contribution < 1.29 is 52.7 Å². The van der Waals surface area contributed by atoms with E-state index in [1.807, 2.05) is 10.8 Å². The first-order valence-corrected chi connectivity index (χ1v) is 26.3. The standard InChI is InChI=1S/2C23H14F6S4/c1-19-11(9-15(32-19)13-5-3-7-30-13)17-18(22(26,27)23(28,29)21(17,24)25)12-10-16(33-20(12,19)2)14-6-4-8-31-14;1-11-13(9-17(32-11)15-5-3-7-30-15)19-20(22(26,27)23(28,29)21(19,24)25)14-10-18(33-12(14)2)16-6-4-8-31-16/h2*3-10H,1-2H3. The Bertz CT molecular complexity index is 2880. The van der Waals surface area contributed by atoms with E-state index in [1.165, 1.54) is 107 Å². The molecule has 66 heavy (non-hydrogen) atoms. The maximum Gasteiger partial charge on any atom is 0.380 e. The third-order valence-electron chi connectivity index (χ3n) is 12.4. The number of hydrogen-bond donors (Lipinski definition) is 0. The molecule has 2 atom stereocenters. The Morgan fingerprint density at radius 2 is 0.697 bits per heavy atom. The Hall–Kier alpha value is -3.24.